The molecule has 0 spiro atoms. The molecule has 0 saturated carbocycles. The van der Waals surface area contributed by atoms with Crippen molar-refractivity contribution in [3.05, 3.63) is 93.0 Å². The average Bonchev–Trinajstić information content (AvgIpc) is 2.79. The molecular formula is C25H26Cl2N2O4S. The molecule has 1 N–H and O–H groups in total. The molecule has 0 heterocycles. The average molecular weight is 521 g/mol. The molecule has 3 aromatic carbocycles. The zero-order chi connectivity index (χ0) is 24.9. The number of anilines is 1. The Labute approximate surface area is 210 Å². The van der Waals surface area contributed by atoms with Gasteiger partial charge in [0.15, 0.2) is 0 Å². The molecule has 3 rings (SSSR count). The summed E-state index contributed by atoms with van der Waals surface area (Å²) < 4.78 is 31.8. The van der Waals surface area contributed by atoms with Gasteiger partial charge in [-0.1, -0.05) is 53.5 Å². The Balaban J connectivity index is 1.61. The molecule has 1 amide bonds. The topological polar surface area (TPSA) is 75.7 Å². The molecule has 3 aromatic rings. The van der Waals surface area contributed by atoms with Crippen molar-refractivity contribution in [3.63, 3.8) is 0 Å². The van der Waals surface area contributed by atoms with Gasteiger partial charge in [0.2, 0.25) is 10.0 Å². The lowest BCUT2D eigenvalue weighted by Gasteiger charge is -2.24. The molecule has 0 fully saturated rings. The first-order valence-corrected chi connectivity index (χ1v) is 13.2. The number of ether oxygens (including phenoxy) is 1. The van der Waals surface area contributed by atoms with Crippen molar-refractivity contribution in [2.45, 2.75) is 20.4 Å². The van der Waals surface area contributed by atoms with Crippen molar-refractivity contribution < 1.29 is 17.9 Å². The van der Waals surface area contributed by atoms with Crippen molar-refractivity contribution in [1.82, 2.24) is 5.32 Å². The summed E-state index contributed by atoms with van der Waals surface area (Å²) in [7, 11) is -3.63. The van der Waals surface area contributed by atoms with Gasteiger partial charge in [-0.3, -0.25) is 9.10 Å². The molecule has 9 heteroatoms. The molecule has 6 nitrogen and oxygen atoms in total. The van der Waals surface area contributed by atoms with E-state index in [1.807, 2.05) is 32.0 Å². The van der Waals surface area contributed by atoms with Crippen LogP contribution < -0.4 is 14.4 Å². The van der Waals surface area contributed by atoms with Gasteiger partial charge in [-0.2, -0.15) is 0 Å². The zero-order valence-electron chi connectivity index (χ0n) is 19.1. The van der Waals surface area contributed by atoms with Crippen LogP contribution in [0.5, 0.6) is 5.75 Å². The van der Waals surface area contributed by atoms with Crippen LogP contribution in [0.1, 0.15) is 27.0 Å². The van der Waals surface area contributed by atoms with Gasteiger partial charge in [-0.25, -0.2) is 8.42 Å². The van der Waals surface area contributed by atoms with E-state index in [9.17, 15) is 13.2 Å². The maximum Gasteiger partial charge on any atom is 0.251 e. The van der Waals surface area contributed by atoms with E-state index in [0.29, 0.717) is 30.0 Å². The molecule has 0 bridgehead atoms. The van der Waals surface area contributed by atoms with E-state index in [-0.39, 0.29) is 22.5 Å². The summed E-state index contributed by atoms with van der Waals surface area (Å²) in [5, 5.41) is 3.25. The van der Waals surface area contributed by atoms with Gasteiger partial charge < -0.3 is 10.1 Å². The van der Waals surface area contributed by atoms with E-state index in [1.165, 1.54) is 4.31 Å². The quantitative estimate of drug-likeness (QED) is 0.384. The highest BCUT2D eigenvalue weighted by Crippen LogP contribution is 2.34. The monoisotopic (exact) mass is 520 g/mol. The fourth-order valence-corrected chi connectivity index (χ4v) is 4.64. The second-order valence-corrected chi connectivity index (χ2v) is 10.5. The number of benzene rings is 3. The number of hydrogen-bond acceptors (Lipinski definition) is 4. The number of nitrogens with zero attached hydrogens (tertiary/aromatic N) is 1. The van der Waals surface area contributed by atoms with Crippen molar-refractivity contribution in [3.8, 4) is 5.75 Å². The number of carbonyl (C=O) groups is 1. The normalized spacial score (nSPS) is 11.2. The number of aryl methyl sites for hydroxylation is 1. The highest BCUT2D eigenvalue weighted by Gasteiger charge is 2.21. The fourth-order valence-electron chi connectivity index (χ4n) is 3.30. The third kappa shape index (κ3) is 6.44. The summed E-state index contributed by atoms with van der Waals surface area (Å²) >= 11 is 12.3. The zero-order valence-corrected chi connectivity index (χ0v) is 21.5. The highest BCUT2D eigenvalue weighted by atomic mass is 35.5. The first-order valence-electron chi connectivity index (χ1n) is 10.6. The predicted octanol–water partition coefficient (Wildman–Crippen LogP) is 5.39. The smallest absolute Gasteiger partial charge is 0.251 e. The molecule has 34 heavy (non-hydrogen) atoms. The lowest BCUT2D eigenvalue weighted by Crippen LogP contribution is -2.30. The maximum absolute atomic E-state index is 12.5. The van der Waals surface area contributed by atoms with E-state index >= 15 is 0 Å². The number of sulfonamides is 1. The number of nitrogens with one attached hydrogen (secondary N) is 1. The largest absolute Gasteiger partial charge is 0.491 e. The SMILES string of the molecule is Cc1cccc(OCCNC(=O)c2ccc(CN(c3cccc(Cl)c3Cl)S(C)(=O)=O)cc2)c1C. The molecular weight excluding hydrogens is 495 g/mol. The van der Waals surface area contributed by atoms with Gasteiger partial charge in [0.25, 0.3) is 5.91 Å². The van der Waals surface area contributed by atoms with Gasteiger partial charge in [0.05, 0.1) is 35.1 Å². The van der Waals surface area contributed by atoms with Gasteiger partial charge >= 0.3 is 0 Å². The minimum absolute atomic E-state index is 0.0461. The molecule has 180 valence electrons. The van der Waals surface area contributed by atoms with Crippen LogP contribution in [0, 0.1) is 13.8 Å². The van der Waals surface area contributed by atoms with E-state index in [4.69, 9.17) is 27.9 Å². The van der Waals surface area contributed by atoms with Gasteiger partial charge in [0, 0.05) is 5.56 Å². The van der Waals surface area contributed by atoms with Crippen molar-refractivity contribution in [1.29, 1.82) is 0 Å². The van der Waals surface area contributed by atoms with E-state index < -0.39 is 10.0 Å². The molecule has 0 aliphatic heterocycles. The minimum atomic E-state index is -3.63. The Morgan fingerprint density at radius 2 is 1.68 bits per heavy atom. The highest BCUT2D eigenvalue weighted by molar-refractivity contribution is 7.92. The first kappa shape index (κ1) is 25.9. The minimum Gasteiger partial charge on any atom is -0.491 e. The number of hydrogen-bond donors (Lipinski definition) is 1. The van der Waals surface area contributed by atoms with Crippen LogP contribution in [-0.2, 0) is 16.6 Å². The van der Waals surface area contributed by atoms with Crippen LogP contribution in [0.4, 0.5) is 5.69 Å². The van der Waals surface area contributed by atoms with Crippen LogP contribution in [0.3, 0.4) is 0 Å². The Morgan fingerprint density at radius 1 is 1.00 bits per heavy atom. The lowest BCUT2D eigenvalue weighted by molar-refractivity contribution is 0.0947. The summed E-state index contributed by atoms with van der Waals surface area (Å²) in [5.41, 5.74) is 3.67. The summed E-state index contributed by atoms with van der Waals surface area (Å²) in [6.07, 6.45) is 1.10. The second kappa shape index (κ2) is 11.1. The number of halogens is 2. The number of carbonyl (C=O) groups excluding carboxylic acids is 1. The summed E-state index contributed by atoms with van der Waals surface area (Å²) in [4.78, 5) is 12.5. The lowest BCUT2D eigenvalue weighted by atomic mass is 10.1. The molecule has 0 unspecified atom stereocenters. The fraction of sp³-hybridized carbons (Fsp3) is 0.240. The summed E-state index contributed by atoms with van der Waals surface area (Å²) in [6, 6.07) is 17.4. The van der Waals surface area contributed by atoms with E-state index in [2.05, 4.69) is 5.32 Å². The van der Waals surface area contributed by atoms with Gasteiger partial charge in [-0.15, -0.1) is 0 Å². The first-order chi connectivity index (χ1) is 16.1. The Kier molecular flexibility index (Phi) is 8.47. The van der Waals surface area contributed by atoms with Crippen LogP contribution in [-0.4, -0.2) is 33.7 Å². The Hall–Kier alpha value is -2.74. The standard InChI is InChI=1S/C25H26Cl2N2O4S/c1-17-6-4-9-23(18(17)2)33-15-14-28-25(30)20-12-10-19(11-13-20)16-29(34(3,31)32)22-8-5-7-21(26)24(22)27/h4-13H,14-16H2,1-3H3,(H,28,30). The van der Waals surface area contributed by atoms with Crippen LogP contribution in [0.25, 0.3) is 0 Å². The molecule has 0 aliphatic rings. The summed E-state index contributed by atoms with van der Waals surface area (Å²) in [5.74, 6) is 0.558. The van der Waals surface area contributed by atoms with Crippen molar-refractivity contribution in [2.24, 2.45) is 0 Å². The van der Waals surface area contributed by atoms with Crippen molar-refractivity contribution >= 4 is 44.8 Å². The molecule has 0 aromatic heterocycles. The van der Waals surface area contributed by atoms with Crippen LogP contribution in [0.15, 0.2) is 60.7 Å². The van der Waals surface area contributed by atoms with Crippen LogP contribution >= 0.6 is 23.2 Å². The van der Waals surface area contributed by atoms with Crippen molar-refractivity contribution in [2.75, 3.05) is 23.7 Å². The Bertz CT molecular complexity index is 1280. The molecule has 0 saturated heterocycles. The second-order valence-electron chi connectivity index (χ2n) is 7.84. The molecule has 0 aliphatic carbocycles. The molecule has 0 atom stereocenters. The third-order valence-electron chi connectivity index (χ3n) is 5.34. The maximum atomic E-state index is 12.5. The van der Waals surface area contributed by atoms with E-state index in [0.717, 1.165) is 23.1 Å². The number of amides is 1. The predicted molar refractivity (Wildman–Crippen MR) is 138 cm³/mol. The van der Waals surface area contributed by atoms with Crippen LogP contribution in [0.2, 0.25) is 10.0 Å². The molecule has 0 radical (unpaired) electrons. The Morgan fingerprint density at radius 3 is 2.35 bits per heavy atom. The number of rotatable bonds is 9. The third-order valence-corrected chi connectivity index (χ3v) is 7.28. The van der Waals surface area contributed by atoms with E-state index in [1.54, 1.807) is 42.5 Å². The summed E-state index contributed by atoms with van der Waals surface area (Å²) in [6.45, 7) is 4.76. The van der Waals surface area contributed by atoms with Gasteiger partial charge in [-0.05, 0) is 60.9 Å². The van der Waals surface area contributed by atoms with Gasteiger partial charge in [0.1, 0.15) is 12.4 Å².